The fraction of sp³-hybridized carbons (Fsp3) is 0.389. The van der Waals surface area contributed by atoms with Crippen molar-refractivity contribution in [2.75, 3.05) is 44.8 Å². The molecule has 0 spiro atoms. The monoisotopic (exact) mass is 342 g/mol. The molecule has 1 aromatic carbocycles. The van der Waals surface area contributed by atoms with E-state index >= 15 is 0 Å². The number of anilines is 1. The molecule has 0 unspecified atom stereocenters. The van der Waals surface area contributed by atoms with Crippen molar-refractivity contribution in [3.63, 3.8) is 0 Å². The molecule has 3 rings (SSSR count). The number of hydrogen-bond acceptors (Lipinski definition) is 6. The minimum atomic E-state index is -0.0421. The molecule has 1 saturated heterocycles. The lowest BCUT2D eigenvalue weighted by Gasteiger charge is -2.36. The maximum Gasteiger partial charge on any atom is 0.317 e. The van der Waals surface area contributed by atoms with E-state index in [1.165, 1.54) is 0 Å². The SMILES string of the molecule is COc1ccc(N2CCN(C(=O)COc3nccc(C)n3)CC2)cc1. The molecule has 25 heavy (non-hydrogen) atoms. The van der Waals surface area contributed by atoms with Gasteiger partial charge in [0.15, 0.2) is 6.61 Å². The minimum Gasteiger partial charge on any atom is -0.497 e. The second kappa shape index (κ2) is 7.83. The van der Waals surface area contributed by atoms with Crippen LogP contribution in [0.25, 0.3) is 0 Å². The van der Waals surface area contributed by atoms with Gasteiger partial charge in [-0.2, -0.15) is 0 Å². The Morgan fingerprint density at radius 3 is 2.48 bits per heavy atom. The molecule has 0 atom stereocenters. The zero-order valence-corrected chi connectivity index (χ0v) is 14.5. The summed E-state index contributed by atoms with van der Waals surface area (Å²) in [5, 5.41) is 0. The normalized spacial score (nSPS) is 14.3. The second-order valence-corrected chi connectivity index (χ2v) is 5.84. The molecule has 0 saturated carbocycles. The molecule has 0 radical (unpaired) electrons. The average molecular weight is 342 g/mol. The van der Waals surface area contributed by atoms with Crippen LogP contribution in [0.3, 0.4) is 0 Å². The average Bonchev–Trinajstić information content (AvgIpc) is 2.66. The number of aromatic nitrogens is 2. The summed E-state index contributed by atoms with van der Waals surface area (Å²) >= 11 is 0. The molecule has 2 heterocycles. The first kappa shape index (κ1) is 17.0. The van der Waals surface area contributed by atoms with E-state index in [0.717, 1.165) is 30.2 Å². The van der Waals surface area contributed by atoms with Crippen molar-refractivity contribution in [1.29, 1.82) is 0 Å². The van der Waals surface area contributed by atoms with Gasteiger partial charge in [-0.05, 0) is 37.3 Å². The highest BCUT2D eigenvalue weighted by Gasteiger charge is 2.21. The molecule has 1 amide bonds. The molecule has 1 aromatic heterocycles. The Kier molecular flexibility index (Phi) is 5.33. The Bertz CT molecular complexity index is 713. The van der Waals surface area contributed by atoms with Crippen LogP contribution in [0.5, 0.6) is 11.8 Å². The van der Waals surface area contributed by atoms with E-state index in [4.69, 9.17) is 9.47 Å². The lowest BCUT2D eigenvalue weighted by molar-refractivity contribution is -0.133. The number of rotatable bonds is 5. The Morgan fingerprint density at radius 1 is 1.12 bits per heavy atom. The van der Waals surface area contributed by atoms with Crippen molar-refractivity contribution in [3.05, 3.63) is 42.2 Å². The predicted molar refractivity (Wildman–Crippen MR) is 94.1 cm³/mol. The summed E-state index contributed by atoms with van der Waals surface area (Å²) in [6.07, 6.45) is 1.62. The Balaban J connectivity index is 1.48. The fourth-order valence-corrected chi connectivity index (χ4v) is 2.72. The van der Waals surface area contributed by atoms with Gasteiger partial charge in [-0.25, -0.2) is 9.97 Å². The number of nitrogens with zero attached hydrogens (tertiary/aromatic N) is 4. The van der Waals surface area contributed by atoms with E-state index in [2.05, 4.69) is 14.9 Å². The van der Waals surface area contributed by atoms with E-state index in [-0.39, 0.29) is 18.5 Å². The number of carbonyl (C=O) groups is 1. The quantitative estimate of drug-likeness (QED) is 0.821. The minimum absolute atomic E-state index is 0.0357. The predicted octanol–water partition coefficient (Wildman–Crippen LogP) is 1.52. The molecule has 0 bridgehead atoms. The summed E-state index contributed by atoms with van der Waals surface area (Å²) in [5.74, 6) is 0.799. The van der Waals surface area contributed by atoms with Gasteiger partial charge in [0, 0.05) is 43.8 Å². The van der Waals surface area contributed by atoms with Gasteiger partial charge in [-0.3, -0.25) is 4.79 Å². The van der Waals surface area contributed by atoms with Crippen LogP contribution < -0.4 is 14.4 Å². The van der Waals surface area contributed by atoms with Gasteiger partial charge in [-0.1, -0.05) is 0 Å². The number of piperazine rings is 1. The third-order valence-electron chi connectivity index (χ3n) is 4.17. The summed E-state index contributed by atoms with van der Waals surface area (Å²) in [7, 11) is 1.66. The van der Waals surface area contributed by atoms with Crippen molar-refractivity contribution in [2.24, 2.45) is 0 Å². The highest BCUT2D eigenvalue weighted by molar-refractivity contribution is 5.78. The van der Waals surface area contributed by atoms with E-state index < -0.39 is 0 Å². The maximum atomic E-state index is 12.3. The van der Waals surface area contributed by atoms with Crippen LogP contribution in [0.2, 0.25) is 0 Å². The number of carbonyl (C=O) groups excluding carboxylic acids is 1. The Hall–Kier alpha value is -2.83. The smallest absolute Gasteiger partial charge is 0.317 e. The molecule has 1 aliphatic heterocycles. The summed E-state index contributed by atoms with van der Waals surface area (Å²) in [6, 6.07) is 9.99. The van der Waals surface area contributed by atoms with Crippen molar-refractivity contribution in [3.8, 4) is 11.8 Å². The van der Waals surface area contributed by atoms with Crippen molar-refractivity contribution < 1.29 is 14.3 Å². The molecule has 7 nitrogen and oxygen atoms in total. The first-order chi connectivity index (χ1) is 12.2. The zero-order valence-electron chi connectivity index (χ0n) is 14.5. The molecule has 1 aliphatic rings. The van der Waals surface area contributed by atoms with Crippen LogP contribution in [0, 0.1) is 6.92 Å². The number of hydrogen-bond donors (Lipinski definition) is 0. The fourth-order valence-electron chi connectivity index (χ4n) is 2.72. The van der Waals surface area contributed by atoms with E-state index in [1.807, 2.05) is 36.1 Å². The molecule has 7 heteroatoms. The molecule has 2 aromatic rings. The first-order valence-corrected chi connectivity index (χ1v) is 8.25. The van der Waals surface area contributed by atoms with Gasteiger partial charge in [0.25, 0.3) is 5.91 Å². The maximum absolute atomic E-state index is 12.3. The molecule has 1 fully saturated rings. The third-order valence-corrected chi connectivity index (χ3v) is 4.17. The van der Waals surface area contributed by atoms with Gasteiger partial charge < -0.3 is 19.3 Å². The molecule has 0 N–H and O–H groups in total. The van der Waals surface area contributed by atoms with Crippen LogP contribution in [0.4, 0.5) is 5.69 Å². The first-order valence-electron chi connectivity index (χ1n) is 8.25. The van der Waals surface area contributed by atoms with E-state index in [1.54, 1.807) is 19.4 Å². The Morgan fingerprint density at radius 2 is 1.84 bits per heavy atom. The summed E-state index contributed by atoms with van der Waals surface area (Å²) in [5.41, 5.74) is 1.95. The zero-order chi connectivity index (χ0) is 17.6. The van der Waals surface area contributed by atoms with E-state index in [9.17, 15) is 4.79 Å². The largest absolute Gasteiger partial charge is 0.497 e. The topological polar surface area (TPSA) is 67.8 Å². The van der Waals surface area contributed by atoms with Gasteiger partial charge in [0.2, 0.25) is 0 Å². The summed E-state index contributed by atoms with van der Waals surface area (Å²) in [6.45, 7) is 4.74. The Labute approximate surface area is 147 Å². The molecular weight excluding hydrogens is 320 g/mol. The number of aryl methyl sites for hydroxylation is 1. The molecule has 0 aliphatic carbocycles. The number of methoxy groups -OCH3 is 1. The van der Waals surface area contributed by atoms with Gasteiger partial charge in [0.05, 0.1) is 7.11 Å². The number of amides is 1. The summed E-state index contributed by atoms with van der Waals surface area (Å²) < 4.78 is 10.6. The van der Waals surface area contributed by atoms with Crippen LogP contribution in [0.1, 0.15) is 5.69 Å². The van der Waals surface area contributed by atoms with Gasteiger partial charge in [-0.15, -0.1) is 0 Å². The number of benzene rings is 1. The molecule has 132 valence electrons. The van der Waals surface area contributed by atoms with Crippen molar-refractivity contribution >= 4 is 11.6 Å². The summed E-state index contributed by atoms with van der Waals surface area (Å²) in [4.78, 5) is 24.5. The lowest BCUT2D eigenvalue weighted by Crippen LogP contribution is -2.50. The van der Waals surface area contributed by atoms with Crippen LogP contribution in [-0.2, 0) is 4.79 Å². The molecular formula is C18H22N4O3. The van der Waals surface area contributed by atoms with Gasteiger partial charge >= 0.3 is 6.01 Å². The lowest BCUT2D eigenvalue weighted by atomic mass is 10.2. The number of ether oxygens (including phenoxy) is 2. The standard InChI is InChI=1S/C18H22N4O3/c1-14-7-8-19-18(20-14)25-13-17(23)22-11-9-21(10-12-22)15-3-5-16(24-2)6-4-15/h3-8H,9-13H2,1-2H3. The van der Waals surface area contributed by atoms with Crippen molar-refractivity contribution in [1.82, 2.24) is 14.9 Å². The van der Waals surface area contributed by atoms with Gasteiger partial charge in [0.1, 0.15) is 5.75 Å². The van der Waals surface area contributed by atoms with Crippen LogP contribution >= 0.6 is 0 Å². The van der Waals surface area contributed by atoms with Crippen LogP contribution in [0.15, 0.2) is 36.5 Å². The second-order valence-electron chi connectivity index (χ2n) is 5.84. The van der Waals surface area contributed by atoms with Crippen molar-refractivity contribution in [2.45, 2.75) is 6.92 Å². The highest BCUT2D eigenvalue weighted by atomic mass is 16.5. The third kappa shape index (κ3) is 4.37. The van der Waals surface area contributed by atoms with Crippen LogP contribution in [-0.4, -0.2) is 60.7 Å². The van der Waals surface area contributed by atoms with E-state index in [0.29, 0.717) is 13.1 Å². The highest BCUT2D eigenvalue weighted by Crippen LogP contribution is 2.20.